The van der Waals surface area contributed by atoms with Crippen LogP contribution in [0.3, 0.4) is 0 Å². The number of ether oxygens (including phenoxy) is 1. The summed E-state index contributed by atoms with van der Waals surface area (Å²) in [7, 11) is 0. The van der Waals surface area contributed by atoms with Gasteiger partial charge in [-0.3, -0.25) is 4.79 Å². The van der Waals surface area contributed by atoms with Gasteiger partial charge in [-0.05, 0) is 26.0 Å². The average molecular weight is 229 g/mol. The molecule has 1 aromatic rings. The van der Waals surface area contributed by atoms with Crippen molar-refractivity contribution in [2.75, 3.05) is 12.3 Å². The number of rotatable bonds is 4. The van der Waals surface area contributed by atoms with E-state index in [2.05, 4.69) is 0 Å². The van der Waals surface area contributed by atoms with E-state index in [-0.39, 0.29) is 35.0 Å². The van der Waals surface area contributed by atoms with Crippen LogP contribution in [0.4, 0.5) is 14.5 Å². The van der Waals surface area contributed by atoms with Gasteiger partial charge >= 0.3 is 0 Å². The number of ketones is 1. The third-order valence-corrected chi connectivity index (χ3v) is 2.04. The monoisotopic (exact) mass is 229 g/mol. The van der Waals surface area contributed by atoms with Crippen molar-refractivity contribution in [1.29, 1.82) is 0 Å². The summed E-state index contributed by atoms with van der Waals surface area (Å²) in [5, 5.41) is 0. The number of nitrogens with two attached hydrogens (primary N) is 1. The van der Waals surface area contributed by atoms with Crippen molar-refractivity contribution in [2.24, 2.45) is 0 Å². The lowest BCUT2D eigenvalue weighted by Crippen LogP contribution is -2.06. The van der Waals surface area contributed by atoms with E-state index in [1.54, 1.807) is 6.92 Å². The first-order valence-corrected chi connectivity index (χ1v) is 4.82. The molecule has 0 atom stereocenters. The van der Waals surface area contributed by atoms with Gasteiger partial charge in [-0.15, -0.1) is 0 Å². The highest BCUT2D eigenvalue weighted by Crippen LogP contribution is 2.34. The van der Waals surface area contributed by atoms with Crippen LogP contribution in [0.25, 0.3) is 0 Å². The zero-order valence-electron chi connectivity index (χ0n) is 9.09. The predicted molar refractivity (Wildman–Crippen MR) is 57.0 cm³/mol. The summed E-state index contributed by atoms with van der Waals surface area (Å²) < 4.78 is 30.5. The Morgan fingerprint density at radius 2 is 2.12 bits per heavy atom. The van der Waals surface area contributed by atoms with E-state index in [1.807, 2.05) is 0 Å². The van der Waals surface area contributed by atoms with Crippen LogP contribution in [0.2, 0.25) is 0 Å². The zero-order valence-corrected chi connectivity index (χ0v) is 9.09. The second-order valence-corrected chi connectivity index (χ2v) is 3.28. The summed E-state index contributed by atoms with van der Waals surface area (Å²) in [5.74, 6) is -0.420. The minimum Gasteiger partial charge on any atom is -0.493 e. The number of carbonyl (C=O) groups excluding carboxylic acids is 1. The van der Waals surface area contributed by atoms with E-state index in [0.717, 1.165) is 6.07 Å². The third kappa shape index (κ3) is 2.48. The van der Waals surface area contributed by atoms with Gasteiger partial charge in [0.2, 0.25) is 0 Å². The maximum Gasteiger partial charge on any atom is 0.267 e. The number of alkyl halides is 2. The van der Waals surface area contributed by atoms with Crippen molar-refractivity contribution in [3.05, 3.63) is 23.3 Å². The molecule has 0 saturated heterocycles. The summed E-state index contributed by atoms with van der Waals surface area (Å²) in [6.45, 7) is 3.16. The molecule has 0 aliphatic heterocycles. The van der Waals surface area contributed by atoms with Gasteiger partial charge in [-0.2, -0.15) is 0 Å². The number of Topliss-reactive ketones (excluding diaryl/α,β-unsaturated/α-hetero) is 1. The normalized spacial score (nSPS) is 10.6. The molecule has 0 aromatic heterocycles. The molecule has 3 nitrogen and oxygen atoms in total. The Morgan fingerprint density at radius 1 is 1.50 bits per heavy atom. The van der Waals surface area contributed by atoms with E-state index in [1.165, 1.54) is 13.0 Å². The standard InChI is InChI=1S/C11H13F2NO2/c1-3-16-10-8(6(2)15)4-7(14)5-9(10)11(12)13/h4-5,11H,3,14H2,1-2H3. The van der Waals surface area contributed by atoms with Crippen molar-refractivity contribution < 1.29 is 18.3 Å². The number of carbonyl (C=O) groups is 1. The van der Waals surface area contributed by atoms with E-state index >= 15 is 0 Å². The molecule has 16 heavy (non-hydrogen) atoms. The Kier molecular flexibility index (Phi) is 3.82. The van der Waals surface area contributed by atoms with Crippen molar-refractivity contribution in [2.45, 2.75) is 20.3 Å². The first-order valence-electron chi connectivity index (χ1n) is 4.82. The van der Waals surface area contributed by atoms with Crippen molar-refractivity contribution in [3.63, 3.8) is 0 Å². The number of halogens is 2. The number of anilines is 1. The lowest BCUT2D eigenvalue weighted by atomic mass is 10.0. The molecule has 0 aliphatic rings. The van der Waals surface area contributed by atoms with E-state index < -0.39 is 6.43 Å². The Bertz CT molecular complexity index is 405. The molecule has 0 spiro atoms. The second kappa shape index (κ2) is 4.92. The predicted octanol–water partition coefficient (Wildman–Crippen LogP) is 2.81. The fraction of sp³-hybridized carbons (Fsp3) is 0.364. The van der Waals surface area contributed by atoms with Crippen LogP contribution >= 0.6 is 0 Å². The highest BCUT2D eigenvalue weighted by atomic mass is 19.3. The van der Waals surface area contributed by atoms with Crippen LogP contribution in [-0.4, -0.2) is 12.4 Å². The van der Waals surface area contributed by atoms with Gasteiger partial charge in [0.1, 0.15) is 5.75 Å². The number of hydrogen-bond acceptors (Lipinski definition) is 3. The number of nitrogen functional groups attached to an aromatic ring is 1. The molecule has 0 unspecified atom stereocenters. The molecule has 0 heterocycles. The quantitative estimate of drug-likeness (QED) is 0.638. The topological polar surface area (TPSA) is 52.3 Å². The zero-order chi connectivity index (χ0) is 12.3. The molecule has 88 valence electrons. The number of benzene rings is 1. The largest absolute Gasteiger partial charge is 0.493 e. The molecular weight excluding hydrogens is 216 g/mol. The minimum absolute atomic E-state index is 0.0702. The SMILES string of the molecule is CCOc1c(C(C)=O)cc(N)cc1C(F)F. The van der Waals surface area contributed by atoms with Crippen LogP contribution in [0.15, 0.2) is 12.1 Å². The van der Waals surface area contributed by atoms with Gasteiger partial charge in [0.25, 0.3) is 6.43 Å². The third-order valence-electron chi connectivity index (χ3n) is 2.04. The first kappa shape index (κ1) is 12.4. The van der Waals surface area contributed by atoms with Gasteiger partial charge in [0, 0.05) is 5.69 Å². The van der Waals surface area contributed by atoms with Gasteiger partial charge in [-0.25, -0.2) is 8.78 Å². The van der Waals surface area contributed by atoms with Crippen molar-refractivity contribution in [1.82, 2.24) is 0 Å². The van der Waals surface area contributed by atoms with Gasteiger partial charge in [0.05, 0.1) is 17.7 Å². The molecule has 5 heteroatoms. The maximum atomic E-state index is 12.7. The van der Waals surface area contributed by atoms with Crippen LogP contribution in [0.5, 0.6) is 5.75 Å². The second-order valence-electron chi connectivity index (χ2n) is 3.28. The summed E-state index contributed by atoms with van der Waals surface area (Å²) in [6.07, 6.45) is -2.72. The summed E-state index contributed by atoms with van der Waals surface area (Å²) in [5.41, 5.74) is 5.34. The van der Waals surface area contributed by atoms with Crippen LogP contribution < -0.4 is 10.5 Å². The Morgan fingerprint density at radius 3 is 2.56 bits per heavy atom. The molecule has 1 aromatic carbocycles. The van der Waals surface area contributed by atoms with E-state index in [9.17, 15) is 13.6 Å². The highest BCUT2D eigenvalue weighted by molar-refractivity contribution is 5.98. The summed E-state index contributed by atoms with van der Waals surface area (Å²) in [6, 6.07) is 2.47. The molecule has 0 saturated carbocycles. The smallest absolute Gasteiger partial charge is 0.267 e. The molecule has 2 N–H and O–H groups in total. The molecule has 0 aliphatic carbocycles. The summed E-state index contributed by atoms with van der Waals surface area (Å²) >= 11 is 0. The average Bonchev–Trinajstić information content (AvgIpc) is 2.19. The fourth-order valence-corrected chi connectivity index (χ4v) is 1.40. The lowest BCUT2D eigenvalue weighted by Gasteiger charge is -2.14. The Balaban J connectivity index is 3.41. The molecule has 0 radical (unpaired) electrons. The molecule has 0 fully saturated rings. The lowest BCUT2D eigenvalue weighted by molar-refractivity contribution is 0.101. The molecule has 1 rings (SSSR count). The van der Waals surface area contributed by atoms with Gasteiger partial charge in [0.15, 0.2) is 5.78 Å². The van der Waals surface area contributed by atoms with E-state index in [4.69, 9.17) is 10.5 Å². The molecule has 0 amide bonds. The Hall–Kier alpha value is -1.65. The van der Waals surface area contributed by atoms with Crippen molar-refractivity contribution in [3.8, 4) is 5.75 Å². The Labute approximate surface area is 92.2 Å². The van der Waals surface area contributed by atoms with Crippen LogP contribution in [0, 0.1) is 0 Å². The van der Waals surface area contributed by atoms with Gasteiger partial charge < -0.3 is 10.5 Å². The number of hydrogen-bond donors (Lipinski definition) is 1. The fourth-order valence-electron chi connectivity index (χ4n) is 1.40. The van der Waals surface area contributed by atoms with Crippen LogP contribution in [0.1, 0.15) is 36.2 Å². The van der Waals surface area contributed by atoms with Crippen LogP contribution in [-0.2, 0) is 0 Å². The minimum atomic E-state index is -2.72. The highest BCUT2D eigenvalue weighted by Gasteiger charge is 2.20. The summed E-state index contributed by atoms with van der Waals surface area (Å²) in [4.78, 5) is 11.3. The molecular formula is C11H13F2NO2. The maximum absolute atomic E-state index is 12.7. The van der Waals surface area contributed by atoms with Crippen molar-refractivity contribution >= 4 is 11.5 Å². The molecule has 0 bridgehead atoms. The van der Waals surface area contributed by atoms with E-state index in [0.29, 0.717) is 0 Å². The van der Waals surface area contributed by atoms with Gasteiger partial charge in [-0.1, -0.05) is 0 Å². The first-order chi connectivity index (χ1) is 7.47.